The number of oxazole rings is 1. The van der Waals surface area contributed by atoms with Crippen LogP contribution in [0.15, 0.2) is 4.42 Å². The number of carbonyl (C=O) groups is 2. The fraction of sp³-hybridized carbons (Fsp3) is 0.688. The van der Waals surface area contributed by atoms with Gasteiger partial charge in [-0.2, -0.15) is 0 Å². The van der Waals surface area contributed by atoms with E-state index in [1.165, 1.54) is 0 Å². The van der Waals surface area contributed by atoms with E-state index in [1.54, 1.807) is 13.8 Å². The zero-order valence-corrected chi connectivity index (χ0v) is 13.9. The van der Waals surface area contributed by atoms with Crippen molar-refractivity contribution < 1.29 is 19.1 Å². The first-order chi connectivity index (χ1) is 10.9. The number of amides is 2. The fourth-order valence-corrected chi connectivity index (χ4v) is 2.41. The number of nitrogens with zero attached hydrogens (tertiary/aromatic N) is 1. The Balaban J connectivity index is 2.02. The van der Waals surface area contributed by atoms with Gasteiger partial charge in [0.05, 0.1) is 6.04 Å². The first-order valence-electron chi connectivity index (χ1n) is 8.15. The minimum absolute atomic E-state index is 0.167. The van der Waals surface area contributed by atoms with E-state index in [9.17, 15) is 14.7 Å². The second-order valence-corrected chi connectivity index (χ2v) is 6.09. The molecular formula is C16H25N3O4. The lowest BCUT2D eigenvalue weighted by molar-refractivity contribution is -0.130. The van der Waals surface area contributed by atoms with Crippen molar-refractivity contribution in [3.8, 4) is 0 Å². The van der Waals surface area contributed by atoms with Crippen LogP contribution in [0.2, 0.25) is 0 Å². The molecule has 1 aliphatic carbocycles. The Labute approximate surface area is 135 Å². The third-order valence-electron chi connectivity index (χ3n) is 3.88. The number of aromatic nitrogens is 1. The van der Waals surface area contributed by atoms with Crippen molar-refractivity contribution in [3.63, 3.8) is 0 Å². The van der Waals surface area contributed by atoms with Crippen molar-refractivity contribution in [1.82, 2.24) is 15.6 Å². The fourth-order valence-electron chi connectivity index (χ4n) is 2.41. The number of unbranched alkanes of at least 4 members (excludes halogenated alkanes) is 1. The zero-order valence-electron chi connectivity index (χ0n) is 13.9. The average Bonchev–Trinajstić information content (AvgIpc) is 3.25. The Morgan fingerprint density at radius 3 is 2.61 bits per heavy atom. The summed E-state index contributed by atoms with van der Waals surface area (Å²) in [5.74, 6) is -0.0309. The Bertz CT molecular complexity index is 566. The third-order valence-corrected chi connectivity index (χ3v) is 3.88. The van der Waals surface area contributed by atoms with Crippen LogP contribution in [0.25, 0.3) is 0 Å². The highest BCUT2D eigenvalue weighted by atomic mass is 16.4. The lowest BCUT2D eigenvalue weighted by Gasteiger charge is -2.23. The number of hydrogen-bond donors (Lipinski definition) is 3. The summed E-state index contributed by atoms with van der Waals surface area (Å²) in [5, 5.41) is 15.8. The molecule has 23 heavy (non-hydrogen) atoms. The number of carbonyl (C=O) groups excluding carboxylic acids is 2. The van der Waals surface area contributed by atoms with Crippen LogP contribution in [-0.2, 0) is 4.79 Å². The molecular weight excluding hydrogens is 298 g/mol. The second-order valence-electron chi connectivity index (χ2n) is 6.09. The molecule has 0 saturated heterocycles. The summed E-state index contributed by atoms with van der Waals surface area (Å²) in [5.41, 5.74) is 0.193. The summed E-state index contributed by atoms with van der Waals surface area (Å²) in [6.07, 6.45) is 2.86. The number of hydrogen-bond acceptors (Lipinski definition) is 5. The van der Waals surface area contributed by atoms with Crippen molar-refractivity contribution in [3.05, 3.63) is 17.3 Å². The van der Waals surface area contributed by atoms with Gasteiger partial charge in [0.2, 0.25) is 0 Å². The van der Waals surface area contributed by atoms with Gasteiger partial charge in [-0.05, 0) is 26.2 Å². The molecule has 7 heteroatoms. The highest BCUT2D eigenvalue weighted by Gasteiger charge is 2.32. The van der Waals surface area contributed by atoms with Crippen LogP contribution in [0.3, 0.4) is 0 Å². The molecule has 0 bridgehead atoms. The van der Waals surface area contributed by atoms with Crippen LogP contribution in [-0.4, -0.2) is 40.1 Å². The molecule has 128 valence electrons. The summed E-state index contributed by atoms with van der Waals surface area (Å²) < 4.78 is 5.25. The minimum atomic E-state index is -1.26. The van der Waals surface area contributed by atoms with Crippen LogP contribution in [0.4, 0.5) is 0 Å². The van der Waals surface area contributed by atoms with Crippen molar-refractivity contribution in [1.29, 1.82) is 0 Å². The predicted molar refractivity (Wildman–Crippen MR) is 83.9 cm³/mol. The highest BCUT2D eigenvalue weighted by molar-refractivity contribution is 5.94. The average molecular weight is 323 g/mol. The molecule has 0 radical (unpaired) electrons. The van der Waals surface area contributed by atoms with Gasteiger partial charge in [-0.1, -0.05) is 19.8 Å². The SMILES string of the molecule is CCCCC(NC(=O)c1nc(C)oc1C)C(O)C(=O)NC1CC1. The standard InChI is InChI=1S/C16H25N3O4/c1-4-5-6-12(14(20)16(22)18-11-7-8-11)19-15(21)13-9(2)23-10(3)17-13/h11-12,14,20H,4-8H2,1-3H3,(H,18,22)(H,19,21). The van der Waals surface area contributed by atoms with E-state index in [0.717, 1.165) is 25.7 Å². The predicted octanol–water partition coefficient (Wildman–Crippen LogP) is 1.22. The molecule has 0 aliphatic heterocycles. The van der Waals surface area contributed by atoms with Crippen LogP contribution in [0, 0.1) is 13.8 Å². The molecule has 7 nitrogen and oxygen atoms in total. The van der Waals surface area contributed by atoms with E-state index in [4.69, 9.17) is 4.42 Å². The summed E-state index contributed by atoms with van der Waals surface area (Å²) in [6, 6.07) is -0.474. The van der Waals surface area contributed by atoms with E-state index < -0.39 is 24.0 Å². The lowest BCUT2D eigenvalue weighted by Crippen LogP contribution is -2.51. The Hall–Kier alpha value is -1.89. The molecule has 0 spiro atoms. The maximum Gasteiger partial charge on any atom is 0.273 e. The molecule has 1 aliphatic rings. The van der Waals surface area contributed by atoms with Gasteiger partial charge in [0.1, 0.15) is 5.76 Å². The topological polar surface area (TPSA) is 104 Å². The number of aliphatic hydroxyl groups excluding tert-OH is 1. The lowest BCUT2D eigenvalue weighted by atomic mass is 10.0. The summed E-state index contributed by atoms with van der Waals surface area (Å²) >= 11 is 0. The molecule has 1 aromatic rings. The zero-order chi connectivity index (χ0) is 17.0. The Morgan fingerprint density at radius 1 is 1.39 bits per heavy atom. The van der Waals surface area contributed by atoms with Gasteiger partial charge < -0.3 is 20.2 Å². The molecule has 2 amide bonds. The van der Waals surface area contributed by atoms with Gasteiger partial charge in [-0.15, -0.1) is 0 Å². The van der Waals surface area contributed by atoms with Gasteiger partial charge in [-0.3, -0.25) is 9.59 Å². The van der Waals surface area contributed by atoms with E-state index >= 15 is 0 Å². The molecule has 1 saturated carbocycles. The molecule has 2 atom stereocenters. The maximum absolute atomic E-state index is 12.3. The van der Waals surface area contributed by atoms with E-state index in [2.05, 4.69) is 15.6 Å². The summed E-state index contributed by atoms with van der Waals surface area (Å²) in [7, 11) is 0. The van der Waals surface area contributed by atoms with Gasteiger partial charge in [0.15, 0.2) is 17.7 Å². The van der Waals surface area contributed by atoms with Gasteiger partial charge in [0.25, 0.3) is 11.8 Å². The molecule has 0 aromatic carbocycles. The third kappa shape index (κ3) is 4.79. The van der Waals surface area contributed by atoms with Crippen LogP contribution in [0.1, 0.15) is 61.2 Å². The smallest absolute Gasteiger partial charge is 0.273 e. The van der Waals surface area contributed by atoms with Gasteiger partial charge in [0, 0.05) is 13.0 Å². The quantitative estimate of drug-likeness (QED) is 0.667. The Kier molecular flexibility index (Phi) is 5.76. The first kappa shape index (κ1) is 17.5. The highest BCUT2D eigenvalue weighted by Crippen LogP contribution is 2.19. The first-order valence-corrected chi connectivity index (χ1v) is 8.15. The van der Waals surface area contributed by atoms with Crippen molar-refractivity contribution in [2.24, 2.45) is 0 Å². The molecule has 1 heterocycles. The Morgan fingerprint density at radius 2 is 2.09 bits per heavy atom. The van der Waals surface area contributed by atoms with Gasteiger partial charge >= 0.3 is 0 Å². The molecule has 2 unspecified atom stereocenters. The van der Waals surface area contributed by atoms with Crippen LogP contribution >= 0.6 is 0 Å². The molecule has 1 aromatic heterocycles. The van der Waals surface area contributed by atoms with Crippen molar-refractivity contribution >= 4 is 11.8 Å². The van der Waals surface area contributed by atoms with E-state index in [1.807, 2.05) is 6.92 Å². The number of nitrogens with one attached hydrogen (secondary N) is 2. The monoisotopic (exact) mass is 323 g/mol. The van der Waals surface area contributed by atoms with E-state index in [0.29, 0.717) is 18.1 Å². The second kappa shape index (κ2) is 7.59. The molecule has 2 rings (SSSR count). The number of aryl methyl sites for hydroxylation is 2. The van der Waals surface area contributed by atoms with Crippen LogP contribution in [0.5, 0.6) is 0 Å². The molecule has 1 fully saturated rings. The molecule has 3 N–H and O–H groups in total. The van der Waals surface area contributed by atoms with Crippen LogP contribution < -0.4 is 10.6 Å². The number of aliphatic hydroxyl groups is 1. The van der Waals surface area contributed by atoms with Gasteiger partial charge in [-0.25, -0.2) is 4.98 Å². The number of rotatable bonds is 8. The minimum Gasteiger partial charge on any atom is -0.445 e. The van der Waals surface area contributed by atoms with Crippen molar-refractivity contribution in [2.45, 2.75) is 71.1 Å². The largest absolute Gasteiger partial charge is 0.445 e. The van der Waals surface area contributed by atoms with E-state index in [-0.39, 0.29) is 11.7 Å². The van der Waals surface area contributed by atoms with Crippen molar-refractivity contribution in [2.75, 3.05) is 0 Å². The summed E-state index contributed by atoms with van der Waals surface area (Å²) in [6.45, 7) is 5.34. The summed E-state index contributed by atoms with van der Waals surface area (Å²) in [4.78, 5) is 28.4. The normalized spacial score (nSPS) is 16.7. The maximum atomic E-state index is 12.3.